The van der Waals surface area contributed by atoms with Crippen molar-refractivity contribution < 1.29 is 17.9 Å². The van der Waals surface area contributed by atoms with E-state index in [4.69, 9.17) is 0 Å². The molecule has 0 saturated carbocycles. The van der Waals surface area contributed by atoms with Crippen molar-refractivity contribution in [3.05, 3.63) is 94.9 Å². The van der Waals surface area contributed by atoms with Gasteiger partial charge in [-0.1, -0.05) is 44.7 Å². The van der Waals surface area contributed by atoms with E-state index in [9.17, 15) is 18.8 Å². The maximum Gasteiger partial charge on any atom is 0.229 e. The zero-order chi connectivity index (χ0) is 32.1. The number of nitrogens with zero attached hydrogens (tertiary/aromatic N) is 6. The van der Waals surface area contributed by atoms with Crippen LogP contribution in [0.5, 0.6) is 0 Å². The van der Waals surface area contributed by atoms with Crippen LogP contribution >= 0.6 is 0 Å². The standard InChI is InChI=1S/C33H36FN7O3S.CH4/c1-4-45(43,44)31-18-27(11-12-29(31)40-15-13-39(3)14-16-40)37-33-36-20-28(34)32(38-33)41(21-26-8-6-5-7-25(26)19-35)30-17-24(22-42)10-9-23(30)2;/h5-12,17-18,20,42H,4,13-16,21-22H2,1-3H3,(H,36,37,38);1H4. The zero-order valence-electron chi connectivity index (χ0n) is 25.5. The molecule has 46 heavy (non-hydrogen) atoms. The summed E-state index contributed by atoms with van der Waals surface area (Å²) in [5.74, 6) is -0.731. The number of sulfone groups is 1. The molecule has 3 aromatic carbocycles. The monoisotopic (exact) mass is 645 g/mol. The van der Waals surface area contributed by atoms with Gasteiger partial charge >= 0.3 is 0 Å². The van der Waals surface area contributed by atoms with E-state index in [0.29, 0.717) is 46.8 Å². The number of aliphatic hydroxyl groups is 1. The van der Waals surface area contributed by atoms with E-state index in [0.717, 1.165) is 24.8 Å². The molecule has 0 radical (unpaired) electrons. The van der Waals surface area contributed by atoms with E-state index >= 15 is 4.39 Å². The number of anilines is 5. The lowest BCUT2D eigenvalue weighted by Crippen LogP contribution is -2.45. The topological polar surface area (TPSA) is 126 Å². The normalized spacial score (nSPS) is 13.5. The number of rotatable bonds is 10. The smallest absolute Gasteiger partial charge is 0.229 e. The number of aryl methyl sites for hydroxylation is 1. The Hall–Kier alpha value is -4.57. The summed E-state index contributed by atoms with van der Waals surface area (Å²) in [6.45, 7) is 6.47. The van der Waals surface area contributed by atoms with Gasteiger partial charge in [-0.15, -0.1) is 0 Å². The second kappa shape index (κ2) is 14.7. The van der Waals surface area contributed by atoms with Gasteiger partial charge in [-0.2, -0.15) is 10.2 Å². The first-order valence-corrected chi connectivity index (χ1v) is 16.3. The van der Waals surface area contributed by atoms with E-state index in [1.165, 1.54) is 0 Å². The van der Waals surface area contributed by atoms with Gasteiger partial charge in [-0.25, -0.2) is 17.8 Å². The molecule has 5 rings (SSSR count). The van der Waals surface area contributed by atoms with E-state index in [1.807, 2.05) is 26.1 Å². The molecule has 10 nitrogen and oxygen atoms in total. The fourth-order valence-electron chi connectivity index (χ4n) is 5.30. The maximum absolute atomic E-state index is 15.6. The Morgan fingerprint density at radius 1 is 1.09 bits per heavy atom. The van der Waals surface area contributed by atoms with Crippen LogP contribution in [-0.4, -0.2) is 67.4 Å². The summed E-state index contributed by atoms with van der Waals surface area (Å²) < 4.78 is 42.0. The van der Waals surface area contributed by atoms with Crippen LogP contribution in [-0.2, 0) is 23.0 Å². The number of benzene rings is 3. The number of aromatic nitrogens is 2. The highest BCUT2D eigenvalue weighted by Gasteiger charge is 2.25. The average molecular weight is 646 g/mol. The number of halogens is 1. The number of aliphatic hydroxyl groups excluding tert-OH is 1. The third-order valence-electron chi connectivity index (χ3n) is 7.97. The maximum atomic E-state index is 15.6. The summed E-state index contributed by atoms with van der Waals surface area (Å²) in [4.78, 5) is 14.9. The number of nitrogens with one attached hydrogen (secondary N) is 1. The summed E-state index contributed by atoms with van der Waals surface area (Å²) in [6, 6.07) is 19.8. The molecule has 2 heterocycles. The summed E-state index contributed by atoms with van der Waals surface area (Å²) in [5.41, 5.74) is 4.24. The van der Waals surface area contributed by atoms with Gasteiger partial charge in [0.05, 0.1) is 47.3 Å². The lowest BCUT2D eigenvalue weighted by atomic mass is 10.1. The van der Waals surface area contributed by atoms with Crippen molar-refractivity contribution in [2.75, 3.05) is 54.1 Å². The number of hydrogen-bond acceptors (Lipinski definition) is 10. The molecule has 242 valence electrons. The molecule has 0 atom stereocenters. The fourth-order valence-corrected chi connectivity index (χ4v) is 6.43. The van der Waals surface area contributed by atoms with E-state index in [-0.39, 0.29) is 43.0 Å². The molecule has 1 aromatic heterocycles. The van der Waals surface area contributed by atoms with Crippen LogP contribution in [0, 0.1) is 24.1 Å². The van der Waals surface area contributed by atoms with Crippen LogP contribution in [0.1, 0.15) is 36.6 Å². The number of nitriles is 1. The van der Waals surface area contributed by atoms with Crippen molar-refractivity contribution in [1.82, 2.24) is 14.9 Å². The Morgan fingerprint density at radius 3 is 2.52 bits per heavy atom. The van der Waals surface area contributed by atoms with E-state index < -0.39 is 15.7 Å². The van der Waals surface area contributed by atoms with Crippen molar-refractivity contribution in [3.63, 3.8) is 0 Å². The molecule has 0 spiro atoms. The van der Waals surface area contributed by atoms with Crippen molar-refractivity contribution in [2.24, 2.45) is 0 Å². The Bertz CT molecular complexity index is 1840. The Morgan fingerprint density at radius 2 is 1.83 bits per heavy atom. The first-order chi connectivity index (χ1) is 21.6. The van der Waals surface area contributed by atoms with Gasteiger partial charge in [0.2, 0.25) is 5.95 Å². The zero-order valence-corrected chi connectivity index (χ0v) is 26.4. The fraction of sp³-hybridized carbons (Fsp3) is 0.324. The second-order valence-corrected chi connectivity index (χ2v) is 13.2. The molecule has 0 unspecified atom stereocenters. The predicted octanol–water partition coefficient (Wildman–Crippen LogP) is 5.55. The Kier molecular flexibility index (Phi) is 11.0. The highest BCUT2D eigenvalue weighted by atomic mass is 32.2. The third kappa shape index (κ3) is 7.45. The van der Waals surface area contributed by atoms with Crippen LogP contribution in [0.4, 0.5) is 33.2 Å². The molecule has 1 aliphatic heterocycles. The van der Waals surface area contributed by atoms with Gasteiger partial charge in [0.1, 0.15) is 0 Å². The van der Waals surface area contributed by atoms with Gasteiger partial charge in [0, 0.05) is 37.6 Å². The lowest BCUT2D eigenvalue weighted by molar-refractivity contribution is 0.282. The Balaban J connectivity index is 0.00000480. The Labute approximate surface area is 270 Å². The minimum Gasteiger partial charge on any atom is -0.392 e. The molecule has 1 saturated heterocycles. The highest BCUT2D eigenvalue weighted by molar-refractivity contribution is 7.91. The summed E-state index contributed by atoms with van der Waals surface area (Å²) >= 11 is 0. The van der Waals surface area contributed by atoms with E-state index in [1.54, 1.807) is 60.4 Å². The summed E-state index contributed by atoms with van der Waals surface area (Å²) in [7, 11) is -1.53. The van der Waals surface area contributed by atoms with Crippen LogP contribution < -0.4 is 15.1 Å². The first kappa shape index (κ1) is 34.3. The van der Waals surface area contributed by atoms with Crippen LogP contribution in [0.25, 0.3) is 0 Å². The lowest BCUT2D eigenvalue weighted by Gasteiger charge is -2.35. The van der Waals surface area contributed by atoms with Gasteiger partial charge in [0.15, 0.2) is 21.5 Å². The molecule has 1 aliphatic rings. The SMILES string of the molecule is C.CCS(=O)(=O)c1cc(Nc2ncc(F)c(N(Cc3ccccc3C#N)c3cc(CO)ccc3C)n2)ccc1N1CCN(C)CC1. The highest BCUT2D eigenvalue weighted by Crippen LogP contribution is 2.34. The first-order valence-electron chi connectivity index (χ1n) is 14.7. The predicted molar refractivity (Wildman–Crippen MR) is 180 cm³/mol. The number of likely N-dealkylation sites (N-methyl/N-ethyl adjacent to an activating group) is 1. The van der Waals surface area contributed by atoms with Crippen LogP contribution in [0.15, 0.2) is 71.8 Å². The van der Waals surface area contributed by atoms with Crippen molar-refractivity contribution >= 4 is 38.7 Å². The van der Waals surface area contributed by atoms with Gasteiger partial charge < -0.3 is 25.1 Å². The quantitative estimate of drug-likeness (QED) is 0.227. The van der Waals surface area contributed by atoms with Gasteiger partial charge in [0.25, 0.3) is 0 Å². The van der Waals surface area contributed by atoms with Crippen molar-refractivity contribution in [1.29, 1.82) is 5.26 Å². The molecule has 2 N–H and O–H groups in total. The molecule has 1 fully saturated rings. The van der Waals surface area contributed by atoms with E-state index in [2.05, 4.69) is 31.2 Å². The molecule has 0 amide bonds. The molecule has 12 heteroatoms. The average Bonchev–Trinajstić information content (AvgIpc) is 3.05. The minimum absolute atomic E-state index is 0. The molecular formula is C34H40FN7O3S. The van der Waals surface area contributed by atoms with Crippen LogP contribution in [0.3, 0.4) is 0 Å². The number of piperazine rings is 1. The third-order valence-corrected chi connectivity index (χ3v) is 9.73. The van der Waals surface area contributed by atoms with Gasteiger partial charge in [-0.3, -0.25) is 0 Å². The molecule has 0 bridgehead atoms. The van der Waals surface area contributed by atoms with Crippen molar-refractivity contribution in [2.45, 2.75) is 39.3 Å². The molecular weight excluding hydrogens is 605 g/mol. The van der Waals surface area contributed by atoms with Crippen LogP contribution in [0.2, 0.25) is 0 Å². The summed E-state index contributed by atoms with van der Waals surface area (Å²) in [6.07, 6.45) is 1.06. The molecule has 4 aromatic rings. The summed E-state index contributed by atoms with van der Waals surface area (Å²) in [5, 5.41) is 22.6. The number of hydrogen-bond donors (Lipinski definition) is 2. The van der Waals surface area contributed by atoms with Gasteiger partial charge in [-0.05, 0) is 61.0 Å². The molecule has 0 aliphatic carbocycles. The largest absolute Gasteiger partial charge is 0.392 e. The second-order valence-electron chi connectivity index (χ2n) is 11.0. The minimum atomic E-state index is -3.57. The van der Waals surface area contributed by atoms with Crippen molar-refractivity contribution in [3.8, 4) is 6.07 Å².